The zero-order valence-corrected chi connectivity index (χ0v) is 13.2. The second-order valence-corrected chi connectivity index (χ2v) is 7.29. The molecule has 0 bridgehead atoms. The van der Waals surface area contributed by atoms with Gasteiger partial charge < -0.3 is 10.1 Å². The lowest BCUT2D eigenvalue weighted by Crippen LogP contribution is -2.52. The van der Waals surface area contributed by atoms with E-state index in [1.54, 1.807) is 7.11 Å². The molecule has 1 aliphatic heterocycles. The van der Waals surface area contributed by atoms with Crippen LogP contribution in [-0.4, -0.2) is 40.8 Å². The number of methoxy groups -OCH3 is 1. The first-order valence-corrected chi connectivity index (χ1v) is 8.43. The predicted molar refractivity (Wildman–Crippen MR) is 78.4 cm³/mol. The van der Waals surface area contributed by atoms with E-state index in [9.17, 15) is 12.8 Å². The molecule has 5 nitrogen and oxygen atoms in total. The minimum Gasteiger partial charge on any atom is -0.383 e. The Morgan fingerprint density at radius 2 is 2.29 bits per heavy atom. The Hall–Kier alpha value is -0.730. The molecule has 0 aromatic heterocycles. The van der Waals surface area contributed by atoms with Gasteiger partial charge in [0.2, 0.25) is 10.0 Å². The molecule has 1 saturated heterocycles. The van der Waals surface area contributed by atoms with Crippen LogP contribution in [0.5, 0.6) is 0 Å². The molecule has 2 N–H and O–H groups in total. The molecule has 118 valence electrons. The lowest BCUT2D eigenvalue weighted by atomic mass is 9.99. The number of rotatable bonds is 6. The fourth-order valence-electron chi connectivity index (χ4n) is 2.46. The van der Waals surface area contributed by atoms with Crippen LogP contribution in [0.15, 0.2) is 23.1 Å². The topological polar surface area (TPSA) is 67.4 Å². The van der Waals surface area contributed by atoms with Gasteiger partial charge in [-0.15, -0.1) is 0 Å². The normalized spacial score (nSPS) is 22.6. The van der Waals surface area contributed by atoms with Crippen LogP contribution in [0.4, 0.5) is 4.39 Å². The monoisotopic (exact) mass is 336 g/mol. The molecule has 2 rings (SSSR count). The standard InChI is InChI=1S/C13H18ClFN2O3S/c1-20-9-13(5-2-6-16-13)8-17-21(18,19)12-7-10(15)3-4-11(12)14/h3-4,7,16-17H,2,5-6,8-9H2,1H3. The van der Waals surface area contributed by atoms with Crippen LogP contribution in [0.25, 0.3) is 0 Å². The van der Waals surface area contributed by atoms with Gasteiger partial charge in [-0.2, -0.15) is 0 Å². The molecule has 0 saturated carbocycles. The van der Waals surface area contributed by atoms with Crippen LogP contribution < -0.4 is 10.0 Å². The summed E-state index contributed by atoms with van der Waals surface area (Å²) in [4.78, 5) is -0.255. The number of benzene rings is 1. The number of hydrogen-bond acceptors (Lipinski definition) is 4. The van der Waals surface area contributed by atoms with Gasteiger partial charge in [0.1, 0.15) is 10.7 Å². The van der Waals surface area contributed by atoms with Crippen molar-refractivity contribution in [2.24, 2.45) is 0 Å². The molecule has 1 aliphatic rings. The first-order valence-electron chi connectivity index (χ1n) is 6.57. The van der Waals surface area contributed by atoms with Gasteiger partial charge in [0.05, 0.1) is 17.2 Å². The van der Waals surface area contributed by atoms with Crippen molar-refractivity contribution >= 4 is 21.6 Å². The van der Waals surface area contributed by atoms with Gasteiger partial charge in [0, 0.05) is 13.7 Å². The van der Waals surface area contributed by atoms with Gasteiger partial charge in [-0.05, 0) is 37.6 Å². The third kappa shape index (κ3) is 3.92. The molecule has 8 heteroatoms. The Morgan fingerprint density at radius 1 is 1.52 bits per heavy atom. The summed E-state index contributed by atoms with van der Waals surface area (Å²) in [6.07, 6.45) is 1.76. The smallest absolute Gasteiger partial charge is 0.242 e. The van der Waals surface area contributed by atoms with Crippen molar-refractivity contribution in [2.45, 2.75) is 23.3 Å². The van der Waals surface area contributed by atoms with E-state index in [1.807, 2.05) is 0 Å². The summed E-state index contributed by atoms with van der Waals surface area (Å²) in [6, 6.07) is 3.26. The highest BCUT2D eigenvalue weighted by atomic mass is 35.5. The highest BCUT2D eigenvalue weighted by Gasteiger charge is 2.35. The molecule has 0 radical (unpaired) electrons. The molecule has 1 atom stereocenters. The Morgan fingerprint density at radius 3 is 2.90 bits per heavy atom. The van der Waals surface area contributed by atoms with Gasteiger partial charge in [0.25, 0.3) is 0 Å². The number of nitrogens with one attached hydrogen (secondary N) is 2. The molecule has 0 amide bonds. The van der Waals surface area contributed by atoms with Crippen molar-refractivity contribution in [1.29, 1.82) is 0 Å². The maximum Gasteiger partial charge on any atom is 0.242 e. The molecular weight excluding hydrogens is 319 g/mol. The summed E-state index contributed by atoms with van der Waals surface area (Å²) in [5, 5.41) is 3.25. The van der Waals surface area contributed by atoms with Gasteiger partial charge in [-0.1, -0.05) is 11.6 Å². The largest absolute Gasteiger partial charge is 0.383 e. The van der Waals surface area contributed by atoms with E-state index in [2.05, 4.69) is 10.0 Å². The zero-order valence-electron chi connectivity index (χ0n) is 11.7. The van der Waals surface area contributed by atoms with E-state index < -0.39 is 21.4 Å². The van der Waals surface area contributed by atoms with Crippen molar-refractivity contribution in [1.82, 2.24) is 10.0 Å². The SMILES string of the molecule is COCC1(CNS(=O)(=O)c2cc(F)ccc2Cl)CCCN1. The van der Waals surface area contributed by atoms with Gasteiger partial charge in [-0.25, -0.2) is 17.5 Å². The van der Waals surface area contributed by atoms with Crippen LogP contribution in [0.2, 0.25) is 5.02 Å². The summed E-state index contributed by atoms with van der Waals surface area (Å²) in [6.45, 7) is 1.37. The molecule has 1 aromatic carbocycles. The second-order valence-electron chi connectivity index (χ2n) is 5.14. The number of ether oxygens (including phenoxy) is 1. The van der Waals surface area contributed by atoms with Crippen LogP contribution >= 0.6 is 11.6 Å². The third-order valence-corrected chi connectivity index (χ3v) is 5.42. The number of hydrogen-bond donors (Lipinski definition) is 2. The number of sulfonamides is 1. The van der Waals surface area contributed by atoms with Crippen molar-refractivity contribution in [2.75, 3.05) is 26.8 Å². The third-order valence-electron chi connectivity index (χ3n) is 3.54. The minimum atomic E-state index is -3.87. The fraction of sp³-hybridized carbons (Fsp3) is 0.538. The van der Waals surface area contributed by atoms with Gasteiger partial charge in [0.15, 0.2) is 0 Å². The highest BCUT2D eigenvalue weighted by Crippen LogP contribution is 2.24. The lowest BCUT2D eigenvalue weighted by molar-refractivity contribution is 0.122. The minimum absolute atomic E-state index is 0.0101. The molecule has 21 heavy (non-hydrogen) atoms. The highest BCUT2D eigenvalue weighted by molar-refractivity contribution is 7.89. The predicted octanol–water partition coefficient (Wildman–Crippen LogP) is 1.53. The Balaban J connectivity index is 2.15. The quantitative estimate of drug-likeness (QED) is 0.826. The fourth-order valence-corrected chi connectivity index (χ4v) is 4.10. The Labute approximate surface area is 128 Å². The van der Waals surface area contributed by atoms with Crippen molar-refractivity contribution < 1.29 is 17.5 Å². The van der Waals surface area contributed by atoms with E-state index in [1.165, 1.54) is 6.07 Å². The summed E-state index contributed by atoms with van der Waals surface area (Å²) < 4.78 is 45.4. The molecule has 1 aromatic rings. The lowest BCUT2D eigenvalue weighted by Gasteiger charge is -2.28. The van der Waals surface area contributed by atoms with E-state index >= 15 is 0 Å². The summed E-state index contributed by atoms with van der Waals surface area (Å²) >= 11 is 5.85. The molecule has 1 heterocycles. The Bertz CT molecular complexity index is 603. The first-order chi connectivity index (χ1) is 9.88. The molecular formula is C13H18ClFN2O3S. The maximum absolute atomic E-state index is 13.2. The van der Waals surface area contributed by atoms with Gasteiger partial charge in [-0.3, -0.25) is 0 Å². The molecule has 0 aliphatic carbocycles. The van der Waals surface area contributed by atoms with E-state index in [-0.39, 0.29) is 16.5 Å². The Kier molecular flexibility index (Phi) is 5.21. The van der Waals surface area contributed by atoms with Crippen LogP contribution in [0.3, 0.4) is 0 Å². The van der Waals surface area contributed by atoms with Crippen molar-refractivity contribution in [3.8, 4) is 0 Å². The van der Waals surface area contributed by atoms with E-state index in [0.717, 1.165) is 31.5 Å². The average molecular weight is 337 g/mol. The van der Waals surface area contributed by atoms with E-state index in [4.69, 9.17) is 16.3 Å². The first kappa shape index (κ1) is 16.6. The molecule has 0 spiro atoms. The molecule has 1 unspecified atom stereocenters. The summed E-state index contributed by atoms with van der Waals surface area (Å²) in [7, 11) is -2.31. The van der Waals surface area contributed by atoms with Crippen LogP contribution in [0, 0.1) is 5.82 Å². The van der Waals surface area contributed by atoms with Crippen LogP contribution in [0.1, 0.15) is 12.8 Å². The number of halogens is 2. The second kappa shape index (κ2) is 6.58. The summed E-state index contributed by atoms with van der Waals surface area (Å²) in [5.74, 6) is -0.648. The maximum atomic E-state index is 13.2. The zero-order chi connectivity index (χ0) is 15.5. The van der Waals surface area contributed by atoms with Crippen molar-refractivity contribution in [3.05, 3.63) is 29.0 Å². The summed E-state index contributed by atoms with van der Waals surface area (Å²) in [5.41, 5.74) is -0.429. The average Bonchev–Trinajstić information content (AvgIpc) is 2.89. The van der Waals surface area contributed by atoms with Gasteiger partial charge >= 0.3 is 0 Å². The van der Waals surface area contributed by atoms with Crippen LogP contribution in [-0.2, 0) is 14.8 Å². The van der Waals surface area contributed by atoms with E-state index in [0.29, 0.717) is 6.61 Å². The molecule has 1 fully saturated rings. The van der Waals surface area contributed by atoms with Crippen molar-refractivity contribution in [3.63, 3.8) is 0 Å².